The molecule has 1 aromatic rings. The third kappa shape index (κ3) is 5.66. The normalized spacial score (nSPS) is 17.7. The molecule has 0 amide bonds. The molecule has 1 fully saturated rings. The van der Waals surface area contributed by atoms with Crippen LogP contribution >= 0.6 is 23.8 Å². The van der Waals surface area contributed by atoms with Crippen LogP contribution in [-0.2, 0) is 16.0 Å². The van der Waals surface area contributed by atoms with Gasteiger partial charge in [-0.2, -0.15) is 0 Å². The predicted octanol–water partition coefficient (Wildman–Crippen LogP) is 3.03. The van der Waals surface area contributed by atoms with E-state index in [2.05, 4.69) is 10.2 Å². The smallest absolute Gasteiger partial charge is 0.310 e. The first-order valence-corrected chi connectivity index (χ1v) is 8.82. The maximum absolute atomic E-state index is 11.9. The first-order chi connectivity index (χ1) is 11.1. The summed E-state index contributed by atoms with van der Waals surface area (Å²) in [6, 6.07) is 7.82. The van der Waals surface area contributed by atoms with Gasteiger partial charge in [0, 0.05) is 24.7 Å². The fourth-order valence-electron chi connectivity index (χ4n) is 2.69. The lowest BCUT2D eigenvalue weighted by molar-refractivity contribution is -0.149. The molecular formula is C17H23ClN2O2S. The summed E-state index contributed by atoms with van der Waals surface area (Å²) in [7, 11) is 0. The number of rotatable bonds is 5. The molecule has 0 aromatic heterocycles. The van der Waals surface area contributed by atoms with Crippen LogP contribution in [0.1, 0.15) is 25.3 Å². The topological polar surface area (TPSA) is 41.6 Å². The quantitative estimate of drug-likeness (QED) is 0.650. The van der Waals surface area contributed by atoms with Crippen LogP contribution in [0, 0.1) is 5.92 Å². The molecule has 23 heavy (non-hydrogen) atoms. The zero-order chi connectivity index (χ0) is 16.7. The molecule has 1 aliphatic heterocycles. The molecule has 1 saturated heterocycles. The highest BCUT2D eigenvalue weighted by atomic mass is 35.5. The number of thiocarbonyl (C=S) groups is 1. The van der Waals surface area contributed by atoms with Crippen molar-refractivity contribution in [2.45, 2.75) is 26.2 Å². The van der Waals surface area contributed by atoms with Gasteiger partial charge in [-0.05, 0) is 56.1 Å². The molecule has 0 spiro atoms. The van der Waals surface area contributed by atoms with E-state index >= 15 is 0 Å². The van der Waals surface area contributed by atoms with E-state index in [4.69, 9.17) is 28.6 Å². The summed E-state index contributed by atoms with van der Waals surface area (Å²) in [4.78, 5) is 13.9. The van der Waals surface area contributed by atoms with Crippen LogP contribution in [0.3, 0.4) is 0 Å². The molecule has 0 radical (unpaired) electrons. The zero-order valence-corrected chi connectivity index (χ0v) is 15.0. The lowest BCUT2D eigenvalue weighted by atomic mass is 9.98. The van der Waals surface area contributed by atoms with Crippen LogP contribution in [0.15, 0.2) is 24.3 Å². The Morgan fingerprint density at radius 3 is 2.87 bits per heavy atom. The fraction of sp³-hybridized carbons (Fsp3) is 0.529. The summed E-state index contributed by atoms with van der Waals surface area (Å²) in [5.74, 6) is -0.180. The summed E-state index contributed by atoms with van der Waals surface area (Å²) < 4.78 is 5.12. The summed E-state index contributed by atoms with van der Waals surface area (Å²) in [5.41, 5.74) is 1.22. The molecule has 126 valence electrons. The summed E-state index contributed by atoms with van der Waals surface area (Å²) in [5, 5.41) is 4.74. The number of nitrogens with zero attached hydrogens (tertiary/aromatic N) is 1. The van der Waals surface area contributed by atoms with Crippen molar-refractivity contribution < 1.29 is 9.53 Å². The van der Waals surface area contributed by atoms with Crippen LogP contribution in [-0.4, -0.2) is 42.2 Å². The number of ether oxygens (including phenoxy) is 1. The molecule has 4 nitrogen and oxygen atoms in total. The van der Waals surface area contributed by atoms with E-state index in [-0.39, 0.29) is 11.9 Å². The maximum Gasteiger partial charge on any atom is 0.310 e. The molecular weight excluding hydrogens is 332 g/mol. The van der Waals surface area contributed by atoms with Gasteiger partial charge in [0.25, 0.3) is 0 Å². The van der Waals surface area contributed by atoms with E-state index in [1.54, 1.807) is 0 Å². The van der Waals surface area contributed by atoms with Crippen molar-refractivity contribution in [2.24, 2.45) is 5.92 Å². The first-order valence-electron chi connectivity index (χ1n) is 8.04. The van der Waals surface area contributed by atoms with Gasteiger partial charge in [0.1, 0.15) is 0 Å². The number of hydrogen-bond donors (Lipinski definition) is 1. The van der Waals surface area contributed by atoms with Crippen molar-refractivity contribution in [2.75, 3.05) is 26.2 Å². The summed E-state index contributed by atoms with van der Waals surface area (Å²) >= 11 is 11.3. The van der Waals surface area contributed by atoms with E-state index in [1.165, 1.54) is 5.56 Å². The van der Waals surface area contributed by atoms with Crippen LogP contribution in [0.25, 0.3) is 0 Å². The Morgan fingerprint density at radius 2 is 2.17 bits per heavy atom. The zero-order valence-electron chi connectivity index (χ0n) is 13.4. The van der Waals surface area contributed by atoms with Gasteiger partial charge in [-0.1, -0.05) is 23.7 Å². The second-order valence-electron chi connectivity index (χ2n) is 5.65. The highest BCUT2D eigenvalue weighted by molar-refractivity contribution is 7.80. The molecule has 0 bridgehead atoms. The number of benzene rings is 1. The molecule has 1 N–H and O–H groups in total. The number of nitrogens with one attached hydrogen (secondary N) is 1. The SMILES string of the molecule is CCOC(=O)C1CCCN(C(=S)NCCc2ccc(Cl)cc2)C1. The van der Waals surface area contributed by atoms with Crippen molar-refractivity contribution in [1.29, 1.82) is 0 Å². The second kappa shape index (κ2) is 9.08. The van der Waals surface area contributed by atoms with E-state index in [9.17, 15) is 4.79 Å². The second-order valence-corrected chi connectivity index (χ2v) is 6.47. The molecule has 2 rings (SSSR count). The van der Waals surface area contributed by atoms with Crippen LogP contribution in [0.4, 0.5) is 0 Å². The molecule has 6 heteroatoms. The van der Waals surface area contributed by atoms with E-state index < -0.39 is 0 Å². The van der Waals surface area contributed by atoms with Crippen molar-refractivity contribution >= 4 is 34.9 Å². The number of piperidine rings is 1. The van der Waals surface area contributed by atoms with Gasteiger partial charge in [0.15, 0.2) is 5.11 Å². The molecule has 1 aromatic carbocycles. The van der Waals surface area contributed by atoms with Gasteiger partial charge in [0.2, 0.25) is 0 Å². The minimum absolute atomic E-state index is 0.0697. The Bertz CT molecular complexity index is 536. The van der Waals surface area contributed by atoms with Gasteiger partial charge in [0.05, 0.1) is 12.5 Å². The van der Waals surface area contributed by atoms with Crippen molar-refractivity contribution in [3.05, 3.63) is 34.9 Å². The molecule has 0 saturated carbocycles. The summed E-state index contributed by atoms with van der Waals surface area (Å²) in [6.45, 7) is 4.57. The monoisotopic (exact) mass is 354 g/mol. The molecule has 1 heterocycles. The first kappa shape index (κ1) is 18.0. The molecule has 0 aliphatic carbocycles. The number of carbonyl (C=O) groups is 1. The Morgan fingerprint density at radius 1 is 1.43 bits per heavy atom. The van der Waals surface area contributed by atoms with Crippen LogP contribution in [0.5, 0.6) is 0 Å². The largest absolute Gasteiger partial charge is 0.466 e. The lowest BCUT2D eigenvalue weighted by Gasteiger charge is -2.33. The van der Waals surface area contributed by atoms with Crippen LogP contribution < -0.4 is 5.32 Å². The Hall–Kier alpha value is -1.33. The summed E-state index contributed by atoms with van der Waals surface area (Å²) in [6.07, 6.45) is 2.72. The number of carbonyl (C=O) groups excluding carboxylic acids is 1. The van der Waals surface area contributed by atoms with Gasteiger partial charge in [-0.15, -0.1) is 0 Å². The number of likely N-dealkylation sites (tertiary alicyclic amines) is 1. The van der Waals surface area contributed by atoms with Gasteiger partial charge in [-0.25, -0.2) is 0 Å². The van der Waals surface area contributed by atoms with Crippen LogP contribution in [0.2, 0.25) is 5.02 Å². The number of esters is 1. The molecule has 1 atom stereocenters. The maximum atomic E-state index is 11.9. The van der Waals surface area contributed by atoms with E-state index in [0.29, 0.717) is 18.3 Å². The number of halogens is 1. The minimum atomic E-state index is -0.110. The average molecular weight is 355 g/mol. The minimum Gasteiger partial charge on any atom is -0.466 e. The average Bonchev–Trinajstić information content (AvgIpc) is 2.57. The number of hydrogen-bond acceptors (Lipinski definition) is 3. The molecule has 1 unspecified atom stereocenters. The third-order valence-corrected chi connectivity index (χ3v) is 4.59. The van der Waals surface area contributed by atoms with Gasteiger partial charge >= 0.3 is 5.97 Å². The standard InChI is InChI=1S/C17H23ClN2O2S/c1-2-22-16(21)14-4-3-11-20(12-14)17(23)19-10-9-13-5-7-15(18)8-6-13/h5-8,14H,2-4,9-12H2,1H3,(H,19,23). The Balaban J connectivity index is 1.76. The van der Waals surface area contributed by atoms with Crippen molar-refractivity contribution in [1.82, 2.24) is 10.2 Å². The fourth-order valence-corrected chi connectivity index (χ4v) is 3.08. The van der Waals surface area contributed by atoms with Crippen molar-refractivity contribution in [3.8, 4) is 0 Å². The van der Waals surface area contributed by atoms with E-state index in [1.807, 2.05) is 31.2 Å². The van der Waals surface area contributed by atoms with Gasteiger partial charge < -0.3 is 15.0 Å². The van der Waals surface area contributed by atoms with E-state index in [0.717, 1.165) is 37.4 Å². The van der Waals surface area contributed by atoms with Gasteiger partial charge in [-0.3, -0.25) is 4.79 Å². The predicted molar refractivity (Wildman–Crippen MR) is 96.7 cm³/mol. The highest BCUT2D eigenvalue weighted by Crippen LogP contribution is 2.18. The third-order valence-electron chi connectivity index (χ3n) is 3.93. The Labute approximate surface area is 148 Å². The Kier molecular flexibility index (Phi) is 7.12. The van der Waals surface area contributed by atoms with Crippen molar-refractivity contribution in [3.63, 3.8) is 0 Å². The molecule has 1 aliphatic rings. The highest BCUT2D eigenvalue weighted by Gasteiger charge is 2.27. The lowest BCUT2D eigenvalue weighted by Crippen LogP contribution is -2.47.